The molecule has 1 saturated heterocycles. The number of nitrogens with one attached hydrogen (secondary N) is 1. The van der Waals surface area contributed by atoms with Gasteiger partial charge in [0.1, 0.15) is 0 Å². The Morgan fingerprint density at radius 3 is 2.65 bits per heavy atom. The molecule has 3 nitrogen and oxygen atoms in total. The van der Waals surface area contributed by atoms with E-state index in [-0.39, 0.29) is 6.17 Å². The minimum atomic E-state index is 0.250. The number of nitrogens with zero attached hydrogens (tertiary/aromatic N) is 1. The van der Waals surface area contributed by atoms with Gasteiger partial charge in [0.25, 0.3) is 0 Å². The van der Waals surface area contributed by atoms with Crippen LogP contribution in [0, 0.1) is 17.8 Å². The highest BCUT2D eigenvalue weighted by atomic mass is 16.2. The molecular formula is C14H26N2O. The monoisotopic (exact) mass is 238 g/mol. The van der Waals surface area contributed by atoms with Gasteiger partial charge in [0.15, 0.2) is 0 Å². The number of amides is 1. The van der Waals surface area contributed by atoms with Crippen LogP contribution in [-0.4, -0.2) is 29.6 Å². The fourth-order valence-corrected chi connectivity index (χ4v) is 3.43. The molecule has 4 unspecified atom stereocenters. The SMILES string of the molecule is CC(C)C1NCC(=O)N1C1CCCC(C)C1C. The third kappa shape index (κ3) is 2.35. The summed E-state index contributed by atoms with van der Waals surface area (Å²) in [4.78, 5) is 14.3. The van der Waals surface area contributed by atoms with Gasteiger partial charge in [-0.25, -0.2) is 0 Å². The van der Waals surface area contributed by atoms with Crippen molar-refractivity contribution in [2.75, 3.05) is 6.54 Å². The largest absolute Gasteiger partial charge is 0.323 e. The molecule has 2 rings (SSSR count). The highest BCUT2D eigenvalue weighted by Crippen LogP contribution is 2.35. The van der Waals surface area contributed by atoms with Crippen molar-refractivity contribution >= 4 is 5.91 Å². The molecule has 17 heavy (non-hydrogen) atoms. The third-order valence-corrected chi connectivity index (χ3v) is 4.70. The minimum Gasteiger partial charge on any atom is -0.323 e. The summed E-state index contributed by atoms with van der Waals surface area (Å²) in [6, 6.07) is 0.452. The first-order valence-electron chi connectivity index (χ1n) is 7.07. The van der Waals surface area contributed by atoms with Crippen LogP contribution in [0.4, 0.5) is 0 Å². The Bertz CT molecular complexity index is 290. The van der Waals surface area contributed by atoms with Crippen LogP contribution in [0.5, 0.6) is 0 Å². The van der Waals surface area contributed by atoms with Crippen LogP contribution in [0.3, 0.4) is 0 Å². The van der Waals surface area contributed by atoms with E-state index in [2.05, 4.69) is 37.9 Å². The van der Waals surface area contributed by atoms with Crippen LogP contribution in [-0.2, 0) is 4.79 Å². The number of carbonyl (C=O) groups excluding carboxylic acids is 1. The van der Waals surface area contributed by atoms with E-state index in [9.17, 15) is 4.79 Å². The topological polar surface area (TPSA) is 32.3 Å². The zero-order valence-corrected chi connectivity index (χ0v) is 11.6. The lowest BCUT2D eigenvalue weighted by molar-refractivity contribution is -0.133. The predicted molar refractivity (Wildman–Crippen MR) is 69.4 cm³/mol. The molecular weight excluding hydrogens is 212 g/mol. The molecule has 1 N–H and O–H groups in total. The van der Waals surface area contributed by atoms with Crippen LogP contribution in [0.25, 0.3) is 0 Å². The highest BCUT2D eigenvalue weighted by molar-refractivity contribution is 5.81. The number of carbonyl (C=O) groups is 1. The maximum Gasteiger partial charge on any atom is 0.238 e. The molecule has 0 aromatic rings. The molecule has 1 saturated carbocycles. The van der Waals surface area contributed by atoms with Crippen LogP contribution in [0.1, 0.15) is 47.0 Å². The second kappa shape index (κ2) is 4.97. The number of rotatable bonds is 2. The Kier molecular flexibility index (Phi) is 3.76. The van der Waals surface area contributed by atoms with Gasteiger partial charge >= 0.3 is 0 Å². The zero-order valence-electron chi connectivity index (χ0n) is 11.6. The van der Waals surface area contributed by atoms with E-state index in [1.165, 1.54) is 19.3 Å². The lowest BCUT2D eigenvalue weighted by Crippen LogP contribution is -2.52. The van der Waals surface area contributed by atoms with Gasteiger partial charge in [-0.15, -0.1) is 0 Å². The Labute approximate surface area is 105 Å². The van der Waals surface area contributed by atoms with Crippen molar-refractivity contribution in [1.82, 2.24) is 10.2 Å². The standard InChI is InChI=1S/C14H26N2O/c1-9(2)14-15-8-13(17)16(14)12-7-5-6-10(3)11(12)4/h9-12,14-15H,5-8H2,1-4H3. The van der Waals surface area contributed by atoms with E-state index in [4.69, 9.17) is 0 Å². The molecule has 0 bridgehead atoms. The molecule has 0 aromatic carbocycles. The number of hydrogen-bond acceptors (Lipinski definition) is 2. The van der Waals surface area contributed by atoms with E-state index in [1.807, 2.05) is 0 Å². The average molecular weight is 238 g/mol. The quantitative estimate of drug-likeness (QED) is 0.800. The molecule has 3 heteroatoms. The molecule has 0 radical (unpaired) electrons. The van der Waals surface area contributed by atoms with E-state index < -0.39 is 0 Å². The van der Waals surface area contributed by atoms with Crippen LogP contribution in [0.2, 0.25) is 0 Å². The maximum absolute atomic E-state index is 12.1. The van der Waals surface area contributed by atoms with Gasteiger partial charge in [0.05, 0.1) is 12.7 Å². The first-order chi connectivity index (χ1) is 8.02. The second-order valence-corrected chi connectivity index (χ2v) is 6.21. The molecule has 0 spiro atoms. The summed E-state index contributed by atoms with van der Waals surface area (Å²) in [5.74, 6) is 2.17. The molecule has 4 atom stereocenters. The first-order valence-corrected chi connectivity index (χ1v) is 7.07. The first kappa shape index (κ1) is 12.9. The van der Waals surface area contributed by atoms with Gasteiger partial charge in [-0.3, -0.25) is 10.1 Å². The van der Waals surface area contributed by atoms with Crippen LogP contribution >= 0.6 is 0 Å². The van der Waals surface area contributed by atoms with Gasteiger partial charge in [-0.1, -0.05) is 40.5 Å². The Balaban J connectivity index is 2.15. The molecule has 1 aliphatic heterocycles. The summed E-state index contributed by atoms with van der Waals surface area (Å²) in [7, 11) is 0. The lowest BCUT2D eigenvalue weighted by Gasteiger charge is -2.43. The predicted octanol–water partition coefficient (Wildman–Crippen LogP) is 2.22. The fourth-order valence-electron chi connectivity index (χ4n) is 3.43. The molecule has 98 valence electrons. The van der Waals surface area contributed by atoms with Gasteiger partial charge in [-0.2, -0.15) is 0 Å². The van der Waals surface area contributed by atoms with E-state index in [1.54, 1.807) is 0 Å². The smallest absolute Gasteiger partial charge is 0.238 e. The van der Waals surface area contributed by atoms with Crippen molar-refractivity contribution < 1.29 is 4.79 Å². The van der Waals surface area contributed by atoms with Crippen molar-refractivity contribution in [2.45, 2.75) is 59.2 Å². The molecule has 2 aliphatic rings. The summed E-state index contributed by atoms with van der Waals surface area (Å²) < 4.78 is 0. The Hall–Kier alpha value is -0.570. The number of hydrogen-bond donors (Lipinski definition) is 1. The van der Waals surface area contributed by atoms with Gasteiger partial charge in [0, 0.05) is 6.04 Å². The lowest BCUT2D eigenvalue weighted by atomic mass is 9.77. The summed E-state index contributed by atoms with van der Waals surface area (Å²) in [5, 5.41) is 3.36. The average Bonchev–Trinajstić information content (AvgIpc) is 2.65. The molecule has 1 amide bonds. The summed E-state index contributed by atoms with van der Waals surface area (Å²) in [6.45, 7) is 9.56. The molecule has 2 fully saturated rings. The zero-order chi connectivity index (χ0) is 12.6. The van der Waals surface area contributed by atoms with Crippen molar-refractivity contribution in [3.8, 4) is 0 Å². The Morgan fingerprint density at radius 1 is 1.29 bits per heavy atom. The van der Waals surface area contributed by atoms with E-state index >= 15 is 0 Å². The van der Waals surface area contributed by atoms with Crippen molar-refractivity contribution in [2.24, 2.45) is 17.8 Å². The Morgan fingerprint density at radius 2 is 2.00 bits per heavy atom. The van der Waals surface area contributed by atoms with E-state index in [0.717, 1.165) is 5.92 Å². The van der Waals surface area contributed by atoms with Gasteiger partial charge in [-0.05, 0) is 24.2 Å². The fraction of sp³-hybridized carbons (Fsp3) is 0.929. The molecule has 1 aliphatic carbocycles. The van der Waals surface area contributed by atoms with Crippen molar-refractivity contribution in [3.63, 3.8) is 0 Å². The normalized spacial score (nSPS) is 39.1. The summed E-state index contributed by atoms with van der Waals surface area (Å²) in [5.41, 5.74) is 0. The molecule has 0 aromatic heterocycles. The minimum absolute atomic E-state index is 0.250. The summed E-state index contributed by atoms with van der Waals surface area (Å²) >= 11 is 0. The van der Waals surface area contributed by atoms with Gasteiger partial charge in [0.2, 0.25) is 5.91 Å². The highest BCUT2D eigenvalue weighted by Gasteiger charge is 2.41. The second-order valence-electron chi connectivity index (χ2n) is 6.21. The van der Waals surface area contributed by atoms with Crippen molar-refractivity contribution in [1.29, 1.82) is 0 Å². The summed E-state index contributed by atoms with van der Waals surface area (Å²) in [6.07, 6.45) is 4.02. The van der Waals surface area contributed by atoms with Crippen LogP contribution < -0.4 is 5.32 Å². The van der Waals surface area contributed by atoms with Crippen molar-refractivity contribution in [3.05, 3.63) is 0 Å². The third-order valence-electron chi connectivity index (χ3n) is 4.70. The van der Waals surface area contributed by atoms with Crippen LogP contribution in [0.15, 0.2) is 0 Å². The molecule has 1 heterocycles. The van der Waals surface area contributed by atoms with Gasteiger partial charge < -0.3 is 4.90 Å². The van der Waals surface area contributed by atoms with E-state index in [0.29, 0.717) is 30.3 Å². The maximum atomic E-state index is 12.1.